The van der Waals surface area contributed by atoms with Crippen LogP contribution in [0.25, 0.3) is 0 Å². The highest BCUT2D eigenvalue weighted by molar-refractivity contribution is 6.03. The molecule has 0 unspecified atom stereocenters. The van der Waals surface area contributed by atoms with Crippen molar-refractivity contribution in [1.29, 1.82) is 0 Å². The summed E-state index contributed by atoms with van der Waals surface area (Å²) in [5.74, 6) is -2.42. The number of nitrogens with one attached hydrogen (secondary N) is 1. The smallest absolute Gasteiger partial charge is 0.328 e. The van der Waals surface area contributed by atoms with Gasteiger partial charge in [-0.05, 0) is 13.8 Å². The Labute approximate surface area is 111 Å². The SMILES string of the molecule is COC(=O)[C@H](C[C@@](C)(C(C)=O)C(=O)OC)NC(C)=O. The molecular weight excluding hydrogens is 254 g/mol. The summed E-state index contributed by atoms with van der Waals surface area (Å²) in [6, 6.07) is -1.09. The Morgan fingerprint density at radius 2 is 1.63 bits per heavy atom. The minimum atomic E-state index is -1.52. The molecule has 19 heavy (non-hydrogen) atoms. The molecule has 0 aliphatic heterocycles. The van der Waals surface area contributed by atoms with Crippen LogP contribution in [0.15, 0.2) is 0 Å². The first-order valence-corrected chi connectivity index (χ1v) is 5.63. The van der Waals surface area contributed by atoms with Crippen LogP contribution in [-0.4, -0.2) is 43.9 Å². The summed E-state index contributed by atoms with van der Waals surface area (Å²) >= 11 is 0. The maximum Gasteiger partial charge on any atom is 0.328 e. The molecule has 7 heteroatoms. The van der Waals surface area contributed by atoms with Gasteiger partial charge in [-0.1, -0.05) is 0 Å². The van der Waals surface area contributed by atoms with E-state index in [1.807, 2.05) is 0 Å². The van der Waals surface area contributed by atoms with Crippen LogP contribution < -0.4 is 5.32 Å². The lowest BCUT2D eigenvalue weighted by Crippen LogP contribution is -2.48. The lowest BCUT2D eigenvalue weighted by Gasteiger charge is -2.27. The van der Waals surface area contributed by atoms with Gasteiger partial charge in [0.05, 0.1) is 14.2 Å². The van der Waals surface area contributed by atoms with E-state index in [9.17, 15) is 19.2 Å². The molecular formula is C12H19NO6. The van der Waals surface area contributed by atoms with Crippen molar-refractivity contribution in [3.05, 3.63) is 0 Å². The Bertz CT molecular complexity index is 392. The zero-order chi connectivity index (χ0) is 15.2. The molecule has 0 rings (SSSR count). The Morgan fingerprint density at radius 3 is 1.95 bits per heavy atom. The fourth-order valence-electron chi connectivity index (χ4n) is 1.59. The van der Waals surface area contributed by atoms with Crippen LogP contribution in [0.3, 0.4) is 0 Å². The topological polar surface area (TPSA) is 98.8 Å². The predicted molar refractivity (Wildman–Crippen MR) is 65.0 cm³/mol. The highest BCUT2D eigenvalue weighted by atomic mass is 16.5. The zero-order valence-corrected chi connectivity index (χ0v) is 11.7. The van der Waals surface area contributed by atoms with Gasteiger partial charge in [0.2, 0.25) is 5.91 Å². The second kappa shape index (κ2) is 6.86. The van der Waals surface area contributed by atoms with Gasteiger partial charge in [-0.15, -0.1) is 0 Å². The molecule has 0 aromatic carbocycles. The summed E-state index contributed by atoms with van der Waals surface area (Å²) < 4.78 is 9.11. The van der Waals surface area contributed by atoms with Gasteiger partial charge in [0.15, 0.2) is 0 Å². The molecule has 0 radical (unpaired) electrons. The Kier molecular flexibility index (Phi) is 6.17. The fourth-order valence-corrected chi connectivity index (χ4v) is 1.59. The van der Waals surface area contributed by atoms with Crippen molar-refractivity contribution in [2.24, 2.45) is 5.41 Å². The molecule has 0 fully saturated rings. The maximum atomic E-state index is 11.7. The van der Waals surface area contributed by atoms with E-state index in [2.05, 4.69) is 14.8 Å². The third kappa shape index (κ3) is 4.35. The van der Waals surface area contributed by atoms with E-state index in [1.165, 1.54) is 20.8 Å². The van der Waals surface area contributed by atoms with Gasteiger partial charge in [0.25, 0.3) is 0 Å². The molecule has 0 aliphatic carbocycles. The van der Waals surface area contributed by atoms with E-state index >= 15 is 0 Å². The van der Waals surface area contributed by atoms with Crippen molar-refractivity contribution < 1.29 is 28.7 Å². The average molecular weight is 273 g/mol. The quantitative estimate of drug-likeness (QED) is 0.532. The number of Topliss-reactive ketones (excluding diaryl/α,β-unsaturated/α-hetero) is 1. The number of carbonyl (C=O) groups is 4. The predicted octanol–water partition coefficient (Wildman–Crippen LogP) is -0.177. The van der Waals surface area contributed by atoms with E-state index < -0.39 is 35.1 Å². The molecule has 0 aromatic rings. The van der Waals surface area contributed by atoms with Crippen molar-refractivity contribution in [3.63, 3.8) is 0 Å². The van der Waals surface area contributed by atoms with Gasteiger partial charge in [-0.25, -0.2) is 4.79 Å². The van der Waals surface area contributed by atoms with Crippen LogP contribution in [0.1, 0.15) is 27.2 Å². The summed E-state index contributed by atoms with van der Waals surface area (Å²) in [6.07, 6.45) is -0.221. The molecule has 1 N–H and O–H groups in total. The first kappa shape index (κ1) is 17.1. The number of carbonyl (C=O) groups excluding carboxylic acids is 4. The van der Waals surface area contributed by atoms with Crippen molar-refractivity contribution in [2.45, 2.75) is 33.2 Å². The molecule has 0 saturated heterocycles. The number of hydrogen-bond acceptors (Lipinski definition) is 6. The number of methoxy groups -OCH3 is 2. The van der Waals surface area contributed by atoms with E-state index in [4.69, 9.17) is 0 Å². The van der Waals surface area contributed by atoms with Crippen LogP contribution in [0, 0.1) is 5.41 Å². The fraction of sp³-hybridized carbons (Fsp3) is 0.667. The minimum Gasteiger partial charge on any atom is -0.468 e. The number of ether oxygens (including phenoxy) is 2. The number of esters is 2. The molecule has 0 saturated carbocycles. The van der Waals surface area contributed by atoms with Crippen LogP contribution >= 0.6 is 0 Å². The lowest BCUT2D eigenvalue weighted by molar-refractivity contribution is -0.158. The second-order valence-corrected chi connectivity index (χ2v) is 4.36. The number of amides is 1. The van der Waals surface area contributed by atoms with Crippen molar-refractivity contribution in [2.75, 3.05) is 14.2 Å². The number of ketones is 1. The largest absolute Gasteiger partial charge is 0.468 e. The number of hydrogen-bond donors (Lipinski definition) is 1. The molecule has 2 atom stereocenters. The van der Waals surface area contributed by atoms with Crippen molar-refractivity contribution in [3.8, 4) is 0 Å². The summed E-state index contributed by atoms with van der Waals surface area (Å²) in [6.45, 7) is 3.80. The summed E-state index contributed by atoms with van der Waals surface area (Å²) in [4.78, 5) is 45.9. The van der Waals surface area contributed by atoms with Crippen LogP contribution in [-0.2, 0) is 28.7 Å². The first-order valence-electron chi connectivity index (χ1n) is 5.63. The van der Waals surface area contributed by atoms with Crippen molar-refractivity contribution in [1.82, 2.24) is 5.32 Å². The second-order valence-electron chi connectivity index (χ2n) is 4.36. The van der Waals surface area contributed by atoms with Gasteiger partial charge >= 0.3 is 11.9 Å². The molecule has 108 valence electrons. The summed E-state index contributed by atoms with van der Waals surface area (Å²) in [7, 11) is 2.30. The minimum absolute atomic E-state index is 0.221. The summed E-state index contributed by atoms with van der Waals surface area (Å²) in [5.41, 5.74) is -1.52. The highest BCUT2D eigenvalue weighted by Gasteiger charge is 2.43. The van der Waals surface area contributed by atoms with Gasteiger partial charge < -0.3 is 14.8 Å². The van der Waals surface area contributed by atoms with Gasteiger partial charge in [0, 0.05) is 13.3 Å². The Balaban J connectivity index is 5.26. The third-order valence-corrected chi connectivity index (χ3v) is 2.89. The standard InChI is InChI=1S/C12H19NO6/c1-7(14)12(3,11(17)19-5)6-9(10(16)18-4)13-8(2)15/h9H,6H2,1-5H3,(H,13,15)/t9-,12-/m0/s1. The average Bonchev–Trinajstić information content (AvgIpc) is 2.34. The molecule has 0 aromatic heterocycles. The van der Waals surface area contributed by atoms with E-state index in [0.29, 0.717) is 0 Å². The Morgan fingerprint density at radius 1 is 1.11 bits per heavy atom. The highest BCUT2D eigenvalue weighted by Crippen LogP contribution is 2.27. The lowest BCUT2D eigenvalue weighted by atomic mass is 9.80. The van der Waals surface area contributed by atoms with E-state index in [1.54, 1.807) is 0 Å². The maximum absolute atomic E-state index is 11.7. The van der Waals surface area contributed by atoms with E-state index in [0.717, 1.165) is 14.2 Å². The van der Waals surface area contributed by atoms with Gasteiger partial charge in [-0.3, -0.25) is 14.4 Å². The number of rotatable bonds is 6. The molecule has 0 spiro atoms. The molecule has 0 heterocycles. The van der Waals surface area contributed by atoms with Gasteiger partial charge in [0.1, 0.15) is 17.2 Å². The zero-order valence-electron chi connectivity index (χ0n) is 11.7. The Hall–Kier alpha value is -1.92. The molecule has 0 bridgehead atoms. The third-order valence-electron chi connectivity index (χ3n) is 2.89. The monoisotopic (exact) mass is 273 g/mol. The van der Waals surface area contributed by atoms with E-state index in [-0.39, 0.29) is 6.42 Å². The van der Waals surface area contributed by atoms with Crippen LogP contribution in [0.5, 0.6) is 0 Å². The first-order chi connectivity index (χ1) is 8.68. The summed E-state index contributed by atoms with van der Waals surface area (Å²) in [5, 5.41) is 2.35. The van der Waals surface area contributed by atoms with Crippen LogP contribution in [0.2, 0.25) is 0 Å². The molecule has 7 nitrogen and oxygen atoms in total. The van der Waals surface area contributed by atoms with Gasteiger partial charge in [-0.2, -0.15) is 0 Å². The van der Waals surface area contributed by atoms with Crippen LogP contribution in [0.4, 0.5) is 0 Å². The van der Waals surface area contributed by atoms with Crippen molar-refractivity contribution >= 4 is 23.6 Å². The molecule has 1 amide bonds. The molecule has 0 aliphatic rings. The normalized spacial score (nSPS) is 14.8.